The average Bonchev–Trinajstić information content (AvgIpc) is 2.10. The first-order valence-corrected chi connectivity index (χ1v) is 6.93. The zero-order valence-corrected chi connectivity index (χ0v) is 14.2. The molecule has 0 aliphatic heterocycles. The third-order valence-corrected chi connectivity index (χ3v) is 2.73. The summed E-state index contributed by atoms with van der Waals surface area (Å²) in [5.74, 6) is -1.51. The topological polar surface area (TPSA) is 74.6 Å². The van der Waals surface area contributed by atoms with Crippen LogP contribution in [-0.2, 0) is 9.59 Å². The number of allylic oxidation sites excluding steroid dienone is 2. The van der Waals surface area contributed by atoms with Gasteiger partial charge in [0.15, 0.2) is 0 Å². The molecule has 4 heteroatoms. The van der Waals surface area contributed by atoms with Crippen molar-refractivity contribution >= 4 is 11.9 Å². The molecule has 0 heterocycles. The fraction of sp³-hybridized carbons (Fsp3) is 0.647. The molecule has 2 N–H and O–H groups in total. The second-order valence-electron chi connectivity index (χ2n) is 7.19. The first-order valence-electron chi connectivity index (χ1n) is 6.93. The third-order valence-electron chi connectivity index (χ3n) is 2.73. The van der Waals surface area contributed by atoms with E-state index in [0.717, 1.165) is 17.6 Å². The van der Waals surface area contributed by atoms with Crippen LogP contribution in [0.3, 0.4) is 0 Å². The number of rotatable bonds is 7. The first-order chi connectivity index (χ1) is 9.19. The molecule has 0 saturated heterocycles. The minimum Gasteiger partial charge on any atom is -0.481 e. The van der Waals surface area contributed by atoms with E-state index >= 15 is 0 Å². The molecule has 4 nitrogen and oxygen atoms in total. The van der Waals surface area contributed by atoms with Crippen molar-refractivity contribution in [3.05, 3.63) is 24.3 Å². The van der Waals surface area contributed by atoms with Crippen molar-refractivity contribution in [2.24, 2.45) is 10.8 Å². The van der Waals surface area contributed by atoms with Crippen LogP contribution in [-0.4, -0.2) is 22.2 Å². The average molecular weight is 298 g/mol. The number of hydrogen-bond acceptors (Lipinski definition) is 2. The van der Waals surface area contributed by atoms with Gasteiger partial charge in [-0.1, -0.05) is 25.0 Å². The van der Waals surface area contributed by atoms with E-state index in [1.165, 1.54) is 0 Å². The van der Waals surface area contributed by atoms with Gasteiger partial charge in [0.2, 0.25) is 0 Å². The van der Waals surface area contributed by atoms with E-state index in [4.69, 9.17) is 10.2 Å². The molecule has 0 aliphatic rings. The van der Waals surface area contributed by atoms with Crippen molar-refractivity contribution in [2.75, 3.05) is 0 Å². The normalized spacial score (nSPS) is 11.1. The quantitative estimate of drug-likeness (QED) is 0.678. The molecule has 0 bridgehead atoms. The lowest BCUT2D eigenvalue weighted by atomic mass is 9.83. The lowest BCUT2D eigenvalue weighted by Gasteiger charge is -2.21. The fourth-order valence-corrected chi connectivity index (χ4v) is 2.12. The van der Waals surface area contributed by atoms with Crippen molar-refractivity contribution in [1.82, 2.24) is 0 Å². The Morgan fingerprint density at radius 1 is 0.857 bits per heavy atom. The summed E-state index contributed by atoms with van der Waals surface area (Å²) in [5, 5.41) is 17.2. The van der Waals surface area contributed by atoms with Gasteiger partial charge in [-0.25, -0.2) is 0 Å². The van der Waals surface area contributed by atoms with Crippen LogP contribution >= 0.6 is 0 Å². The molecule has 0 atom stereocenters. The number of carboxylic acids is 2. The lowest BCUT2D eigenvalue weighted by Crippen LogP contribution is -2.23. The SMILES string of the molecule is C=C(C)CC(C)(C)C(=O)O.C=C(C)CC(C)(C)CC(=O)O. The van der Waals surface area contributed by atoms with Gasteiger partial charge in [0, 0.05) is 0 Å². The minimum atomic E-state index is -0.768. The lowest BCUT2D eigenvalue weighted by molar-refractivity contribution is -0.146. The molecule has 0 aromatic rings. The minimum absolute atomic E-state index is 0.155. The number of aliphatic carboxylic acids is 2. The van der Waals surface area contributed by atoms with Crippen LogP contribution in [0.15, 0.2) is 24.3 Å². The van der Waals surface area contributed by atoms with Crippen molar-refractivity contribution < 1.29 is 19.8 Å². The second-order valence-corrected chi connectivity index (χ2v) is 7.19. The predicted octanol–water partition coefficient (Wildman–Crippen LogP) is 4.52. The van der Waals surface area contributed by atoms with Crippen LogP contribution in [0.1, 0.15) is 60.8 Å². The molecule has 0 saturated carbocycles. The summed E-state index contributed by atoms with van der Waals surface area (Å²) >= 11 is 0. The number of carboxylic acid groups (broad SMARTS) is 2. The molecule has 0 unspecified atom stereocenters. The van der Waals surface area contributed by atoms with Gasteiger partial charge in [0.05, 0.1) is 11.8 Å². The van der Waals surface area contributed by atoms with E-state index in [0.29, 0.717) is 6.42 Å². The van der Waals surface area contributed by atoms with Crippen molar-refractivity contribution in [2.45, 2.75) is 60.8 Å². The summed E-state index contributed by atoms with van der Waals surface area (Å²) in [6, 6.07) is 0. The second kappa shape index (κ2) is 8.65. The van der Waals surface area contributed by atoms with E-state index in [9.17, 15) is 9.59 Å². The van der Waals surface area contributed by atoms with Gasteiger partial charge in [-0.15, -0.1) is 13.2 Å². The highest BCUT2D eigenvalue weighted by Gasteiger charge is 2.26. The highest BCUT2D eigenvalue weighted by Crippen LogP contribution is 2.28. The fourth-order valence-electron chi connectivity index (χ4n) is 2.12. The first kappa shape index (κ1) is 21.7. The third kappa shape index (κ3) is 13.2. The Kier molecular flexibility index (Phi) is 8.94. The molecular formula is C17H30O4. The largest absolute Gasteiger partial charge is 0.481 e. The van der Waals surface area contributed by atoms with E-state index in [2.05, 4.69) is 13.2 Å². The zero-order valence-electron chi connectivity index (χ0n) is 14.2. The summed E-state index contributed by atoms with van der Waals surface area (Å²) in [4.78, 5) is 20.9. The standard InChI is InChI=1S/C9H16O2.C8H14O2/c1-7(2)5-9(3,4)6-8(10)11;1-6(2)5-8(3,4)7(9)10/h1,5-6H2,2-4H3,(H,10,11);1,5H2,2-4H3,(H,9,10). The van der Waals surface area contributed by atoms with Crippen LogP contribution < -0.4 is 0 Å². The summed E-state index contributed by atoms with van der Waals surface area (Å²) < 4.78 is 0. The summed E-state index contributed by atoms with van der Waals surface area (Å²) in [6.45, 7) is 18.4. The van der Waals surface area contributed by atoms with Crippen molar-refractivity contribution in [3.63, 3.8) is 0 Å². The van der Waals surface area contributed by atoms with Crippen molar-refractivity contribution in [3.8, 4) is 0 Å². The molecule has 0 spiro atoms. The molecule has 122 valence electrons. The molecule has 21 heavy (non-hydrogen) atoms. The maximum absolute atomic E-state index is 10.5. The highest BCUT2D eigenvalue weighted by molar-refractivity contribution is 5.73. The van der Waals surface area contributed by atoms with Gasteiger partial charge < -0.3 is 10.2 Å². The summed E-state index contributed by atoms with van der Waals surface area (Å²) in [5.41, 5.74) is 1.13. The van der Waals surface area contributed by atoms with Crippen LogP contribution in [0.2, 0.25) is 0 Å². The molecule has 0 rings (SSSR count). The smallest absolute Gasteiger partial charge is 0.309 e. The van der Waals surface area contributed by atoms with Gasteiger partial charge in [0.1, 0.15) is 0 Å². The number of carbonyl (C=O) groups is 2. The Morgan fingerprint density at radius 3 is 1.43 bits per heavy atom. The Balaban J connectivity index is 0. The summed E-state index contributed by atoms with van der Waals surface area (Å²) in [6.07, 6.45) is 1.53. The Hall–Kier alpha value is -1.58. The van der Waals surface area contributed by atoms with E-state index < -0.39 is 17.4 Å². The van der Waals surface area contributed by atoms with Gasteiger partial charge >= 0.3 is 11.9 Å². The Labute approximate surface area is 128 Å². The molecule has 0 fully saturated rings. The summed E-state index contributed by atoms with van der Waals surface area (Å²) in [7, 11) is 0. The molecule has 0 aromatic carbocycles. The van der Waals surface area contributed by atoms with E-state index in [1.807, 2.05) is 27.7 Å². The van der Waals surface area contributed by atoms with Gasteiger partial charge in [-0.05, 0) is 46.0 Å². The van der Waals surface area contributed by atoms with Crippen LogP contribution in [0.5, 0.6) is 0 Å². The highest BCUT2D eigenvalue weighted by atomic mass is 16.4. The van der Waals surface area contributed by atoms with Crippen LogP contribution in [0.4, 0.5) is 0 Å². The molecule has 0 amide bonds. The Morgan fingerprint density at radius 2 is 1.24 bits per heavy atom. The van der Waals surface area contributed by atoms with Crippen LogP contribution in [0, 0.1) is 10.8 Å². The molecule has 0 aliphatic carbocycles. The Bertz CT molecular complexity index is 385. The van der Waals surface area contributed by atoms with Gasteiger partial charge in [-0.3, -0.25) is 9.59 Å². The van der Waals surface area contributed by atoms with E-state index in [1.54, 1.807) is 13.8 Å². The maximum atomic E-state index is 10.5. The molecule has 0 aromatic heterocycles. The predicted molar refractivity (Wildman–Crippen MR) is 86.3 cm³/mol. The van der Waals surface area contributed by atoms with Gasteiger partial charge in [-0.2, -0.15) is 0 Å². The van der Waals surface area contributed by atoms with Crippen LogP contribution in [0.25, 0.3) is 0 Å². The molecule has 0 radical (unpaired) electrons. The monoisotopic (exact) mass is 298 g/mol. The van der Waals surface area contributed by atoms with Crippen molar-refractivity contribution in [1.29, 1.82) is 0 Å². The number of hydrogen-bond donors (Lipinski definition) is 2. The maximum Gasteiger partial charge on any atom is 0.309 e. The van der Waals surface area contributed by atoms with E-state index in [-0.39, 0.29) is 11.8 Å². The zero-order chi connectivity index (χ0) is 17.4. The molecular weight excluding hydrogens is 268 g/mol. The van der Waals surface area contributed by atoms with Gasteiger partial charge in [0.25, 0.3) is 0 Å².